The number of nitro groups is 1. The van der Waals surface area contributed by atoms with Crippen LogP contribution in [0.1, 0.15) is 29.3 Å². The van der Waals surface area contributed by atoms with Crippen molar-refractivity contribution in [1.29, 1.82) is 0 Å². The quantitative estimate of drug-likeness (QED) is 0.530. The van der Waals surface area contributed by atoms with Crippen LogP contribution in [0, 0.1) is 10.1 Å². The molecule has 0 bridgehead atoms. The number of carboxylic acids is 1. The van der Waals surface area contributed by atoms with Gasteiger partial charge in [-0.1, -0.05) is 49.4 Å². The fourth-order valence-electron chi connectivity index (χ4n) is 1.57. The van der Waals surface area contributed by atoms with E-state index in [4.69, 9.17) is 5.11 Å². The molecule has 0 heterocycles. The number of carbonyl (C=O) groups excluding carboxylic acids is 1. The van der Waals surface area contributed by atoms with Crippen LogP contribution in [0.15, 0.2) is 54.6 Å². The minimum atomic E-state index is -0.745. The lowest BCUT2D eigenvalue weighted by molar-refractivity contribution is -0.385. The number of hydrogen-bond acceptors (Lipinski definition) is 4. The topological polar surface area (TPSA) is 97.5 Å². The fourth-order valence-corrected chi connectivity index (χ4v) is 1.57. The maximum absolute atomic E-state index is 12.1. The number of ketones is 1. The number of nitro benzene ring substituents is 1. The third-order valence-electron chi connectivity index (χ3n) is 2.68. The number of para-hydroxylation sites is 1. The minimum Gasteiger partial charge on any atom is -0.481 e. The number of carbonyl (C=O) groups is 2. The fraction of sp³-hybridized carbons (Fsp3) is 0.125. The van der Waals surface area contributed by atoms with Gasteiger partial charge in [0.25, 0.3) is 5.69 Å². The first-order valence-electron chi connectivity index (χ1n) is 6.52. The molecule has 0 aromatic heterocycles. The highest BCUT2D eigenvalue weighted by molar-refractivity contribution is 6.11. The first-order valence-corrected chi connectivity index (χ1v) is 6.52. The third-order valence-corrected chi connectivity index (χ3v) is 2.68. The Bertz CT molecular complexity index is 667. The molecule has 6 nitrogen and oxygen atoms in total. The number of rotatable bonds is 4. The second-order valence-electron chi connectivity index (χ2n) is 4.22. The van der Waals surface area contributed by atoms with E-state index >= 15 is 0 Å². The zero-order chi connectivity index (χ0) is 16.5. The summed E-state index contributed by atoms with van der Waals surface area (Å²) in [5.41, 5.74) is 0.395. The Labute approximate surface area is 127 Å². The van der Waals surface area contributed by atoms with E-state index in [1.165, 1.54) is 12.1 Å². The number of benzene rings is 2. The average Bonchev–Trinajstić information content (AvgIpc) is 2.55. The van der Waals surface area contributed by atoms with Crippen LogP contribution < -0.4 is 0 Å². The Hall–Kier alpha value is -3.02. The molecule has 6 heteroatoms. The molecule has 0 spiro atoms. The molecule has 1 N–H and O–H groups in total. The number of hydrogen-bond donors (Lipinski definition) is 1. The van der Waals surface area contributed by atoms with Crippen LogP contribution >= 0.6 is 0 Å². The highest BCUT2D eigenvalue weighted by Crippen LogP contribution is 2.20. The van der Waals surface area contributed by atoms with Gasteiger partial charge in [0.1, 0.15) is 5.56 Å². The molecule has 2 aromatic rings. The van der Waals surface area contributed by atoms with Crippen molar-refractivity contribution in [3.63, 3.8) is 0 Å². The van der Waals surface area contributed by atoms with Crippen molar-refractivity contribution in [1.82, 2.24) is 0 Å². The summed E-state index contributed by atoms with van der Waals surface area (Å²) >= 11 is 0. The molecular weight excluding hydrogens is 286 g/mol. The van der Waals surface area contributed by atoms with E-state index in [-0.39, 0.29) is 23.5 Å². The molecule has 0 fully saturated rings. The Kier molecular flexibility index (Phi) is 6.43. The number of aliphatic carboxylic acids is 1. The van der Waals surface area contributed by atoms with Gasteiger partial charge in [0.05, 0.1) is 4.92 Å². The summed E-state index contributed by atoms with van der Waals surface area (Å²) in [6.45, 7) is 1.60. The van der Waals surface area contributed by atoms with E-state index in [1.807, 2.05) is 0 Å². The van der Waals surface area contributed by atoms with E-state index in [9.17, 15) is 19.7 Å². The van der Waals surface area contributed by atoms with Crippen LogP contribution in [0.3, 0.4) is 0 Å². The summed E-state index contributed by atoms with van der Waals surface area (Å²) in [4.78, 5) is 31.7. The molecule has 114 valence electrons. The van der Waals surface area contributed by atoms with Crippen LogP contribution in [-0.2, 0) is 4.79 Å². The monoisotopic (exact) mass is 301 g/mol. The molecule has 0 amide bonds. The van der Waals surface area contributed by atoms with Crippen LogP contribution in [0.25, 0.3) is 0 Å². The second-order valence-corrected chi connectivity index (χ2v) is 4.22. The van der Waals surface area contributed by atoms with Crippen LogP contribution in [0.4, 0.5) is 5.69 Å². The Balaban J connectivity index is 0.000000422. The molecule has 0 aliphatic rings. The van der Waals surface area contributed by atoms with Crippen LogP contribution in [0.2, 0.25) is 0 Å². The summed E-state index contributed by atoms with van der Waals surface area (Å²) < 4.78 is 0. The van der Waals surface area contributed by atoms with E-state index in [0.29, 0.717) is 5.56 Å². The minimum absolute atomic E-state index is 0.115. The van der Waals surface area contributed by atoms with E-state index in [2.05, 4.69) is 0 Å². The van der Waals surface area contributed by atoms with Gasteiger partial charge >= 0.3 is 5.97 Å². The first kappa shape index (κ1) is 17.0. The molecule has 0 atom stereocenters. The lowest BCUT2D eigenvalue weighted by Gasteiger charge is -2.01. The van der Waals surface area contributed by atoms with Crippen molar-refractivity contribution in [2.75, 3.05) is 0 Å². The predicted molar refractivity (Wildman–Crippen MR) is 80.9 cm³/mol. The summed E-state index contributed by atoms with van der Waals surface area (Å²) in [5.74, 6) is -1.08. The molecule has 0 saturated carbocycles. The molecule has 0 aliphatic heterocycles. The summed E-state index contributed by atoms with van der Waals surface area (Å²) in [6, 6.07) is 14.5. The van der Waals surface area contributed by atoms with Crippen LogP contribution in [0.5, 0.6) is 0 Å². The standard InChI is InChI=1S/C13H9NO3.C3H6O2/c15-13(10-6-2-1-3-7-10)11-8-4-5-9-12(11)14(16)17;1-2-3(4)5/h1-9H;2H2,1H3,(H,4,5). The Morgan fingerprint density at radius 3 is 2.05 bits per heavy atom. The largest absolute Gasteiger partial charge is 0.481 e. The molecule has 2 aromatic carbocycles. The second kappa shape index (κ2) is 8.31. The lowest BCUT2D eigenvalue weighted by Crippen LogP contribution is -2.04. The van der Waals surface area contributed by atoms with Crippen LogP contribution in [-0.4, -0.2) is 21.8 Å². The van der Waals surface area contributed by atoms with E-state index in [1.54, 1.807) is 49.4 Å². The number of carboxylic acid groups (broad SMARTS) is 1. The maximum Gasteiger partial charge on any atom is 0.303 e. The highest BCUT2D eigenvalue weighted by atomic mass is 16.6. The van der Waals surface area contributed by atoms with Crippen molar-refractivity contribution in [3.05, 3.63) is 75.8 Å². The summed E-state index contributed by atoms with van der Waals surface area (Å²) in [7, 11) is 0. The molecule has 2 rings (SSSR count). The van der Waals surface area contributed by atoms with Gasteiger partial charge in [0.2, 0.25) is 0 Å². The van der Waals surface area contributed by atoms with Gasteiger partial charge in [-0.15, -0.1) is 0 Å². The van der Waals surface area contributed by atoms with E-state index in [0.717, 1.165) is 0 Å². The van der Waals surface area contributed by atoms with Crippen molar-refractivity contribution in [2.45, 2.75) is 13.3 Å². The molecular formula is C16H15NO5. The highest BCUT2D eigenvalue weighted by Gasteiger charge is 2.19. The zero-order valence-electron chi connectivity index (χ0n) is 11.9. The summed E-state index contributed by atoms with van der Waals surface area (Å²) in [5, 5.41) is 18.5. The zero-order valence-corrected chi connectivity index (χ0v) is 11.9. The van der Waals surface area contributed by atoms with Gasteiger partial charge in [0.15, 0.2) is 5.78 Å². The molecule has 0 radical (unpaired) electrons. The molecule has 22 heavy (non-hydrogen) atoms. The Morgan fingerprint density at radius 1 is 1.05 bits per heavy atom. The van der Waals surface area contributed by atoms with Gasteiger partial charge in [-0.05, 0) is 6.07 Å². The van der Waals surface area contributed by atoms with Crippen molar-refractivity contribution >= 4 is 17.4 Å². The van der Waals surface area contributed by atoms with Crippen molar-refractivity contribution in [3.8, 4) is 0 Å². The van der Waals surface area contributed by atoms with Gasteiger partial charge in [-0.2, -0.15) is 0 Å². The molecule has 0 unspecified atom stereocenters. The lowest BCUT2D eigenvalue weighted by atomic mass is 10.0. The first-order chi connectivity index (χ1) is 10.5. The normalized spacial score (nSPS) is 9.32. The van der Waals surface area contributed by atoms with Gasteiger partial charge in [-0.25, -0.2) is 0 Å². The smallest absolute Gasteiger partial charge is 0.303 e. The predicted octanol–water partition coefficient (Wildman–Crippen LogP) is 3.31. The van der Waals surface area contributed by atoms with Crippen molar-refractivity contribution in [2.24, 2.45) is 0 Å². The third kappa shape index (κ3) is 4.82. The van der Waals surface area contributed by atoms with Gasteiger partial charge in [-0.3, -0.25) is 19.7 Å². The number of nitrogens with zero attached hydrogens (tertiary/aromatic N) is 1. The van der Waals surface area contributed by atoms with Gasteiger partial charge in [0, 0.05) is 18.1 Å². The maximum atomic E-state index is 12.1. The average molecular weight is 301 g/mol. The molecule has 0 aliphatic carbocycles. The molecule has 0 saturated heterocycles. The summed E-state index contributed by atoms with van der Waals surface area (Å²) in [6.07, 6.45) is 0.222. The van der Waals surface area contributed by atoms with Crippen molar-refractivity contribution < 1.29 is 19.6 Å². The van der Waals surface area contributed by atoms with E-state index < -0.39 is 10.9 Å². The SMILES string of the molecule is CCC(=O)O.O=C(c1ccccc1)c1ccccc1[N+](=O)[O-]. The Morgan fingerprint density at radius 2 is 1.55 bits per heavy atom. The van der Waals surface area contributed by atoms with Gasteiger partial charge < -0.3 is 5.11 Å².